The van der Waals surface area contributed by atoms with Crippen LogP contribution in [0.3, 0.4) is 0 Å². The largest absolute Gasteiger partial charge is 0.387 e. The lowest BCUT2D eigenvalue weighted by Crippen LogP contribution is -2.39. The number of nitrogens with one attached hydrogen (secondary N) is 1. The van der Waals surface area contributed by atoms with Gasteiger partial charge in [-0.3, -0.25) is 5.32 Å². The van der Waals surface area contributed by atoms with E-state index in [-0.39, 0.29) is 24.4 Å². The van der Waals surface area contributed by atoms with Gasteiger partial charge in [0.1, 0.15) is 11.6 Å². The molecular weight excluding hydrogens is 301 g/mol. The Hall–Kier alpha value is -2.41. The first kappa shape index (κ1) is 15.5. The fourth-order valence-corrected chi connectivity index (χ4v) is 2.37. The summed E-state index contributed by atoms with van der Waals surface area (Å²) < 4.78 is 17.9. The molecule has 0 spiro atoms. The van der Waals surface area contributed by atoms with Gasteiger partial charge in [0, 0.05) is 12.1 Å². The van der Waals surface area contributed by atoms with Gasteiger partial charge < -0.3 is 14.5 Å². The van der Waals surface area contributed by atoms with Crippen LogP contribution < -0.4 is 5.32 Å². The Bertz CT molecular complexity index is 682. The van der Waals surface area contributed by atoms with Crippen molar-refractivity contribution in [3.05, 3.63) is 47.5 Å². The molecule has 7 heteroatoms. The number of hydrogen-bond acceptors (Lipinski definition) is 4. The molecule has 0 unspecified atom stereocenters. The summed E-state index contributed by atoms with van der Waals surface area (Å²) >= 11 is 0. The molecule has 0 saturated heterocycles. The molecule has 2 amide bonds. The van der Waals surface area contributed by atoms with E-state index >= 15 is 0 Å². The molecule has 23 heavy (non-hydrogen) atoms. The van der Waals surface area contributed by atoms with Crippen LogP contribution in [0.4, 0.5) is 15.0 Å². The predicted molar refractivity (Wildman–Crippen MR) is 81.3 cm³/mol. The summed E-state index contributed by atoms with van der Waals surface area (Å²) in [5.74, 6) is 0.582. The van der Waals surface area contributed by atoms with Crippen LogP contribution in [0.15, 0.2) is 34.9 Å². The zero-order valence-corrected chi connectivity index (χ0v) is 12.7. The van der Waals surface area contributed by atoms with Crippen molar-refractivity contribution in [2.45, 2.75) is 31.9 Å². The number of carbonyl (C=O) groups excluding carboxylic acids is 1. The highest BCUT2D eigenvalue weighted by Gasteiger charge is 2.34. The average Bonchev–Trinajstić information content (AvgIpc) is 3.28. The zero-order chi connectivity index (χ0) is 16.4. The van der Waals surface area contributed by atoms with Crippen molar-refractivity contribution in [1.29, 1.82) is 0 Å². The van der Waals surface area contributed by atoms with E-state index in [0.29, 0.717) is 17.1 Å². The third kappa shape index (κ3) is 3.87. The molecule has 2 N–H and O–H groups in total. The number of aryl methyl sites for hydroxylation is 1. The van der Waals surface area contributed by atoms with Crippen molar-refractivity contribution in [3.8, 4) is 0 Å². The highest BCUT2D eigenvalue weighted by molar-refractivity contribution is 5.88. The molecule has 1 atom stereocenters. The van der Waals surface area contributed by atoms with Crippen molar-refractivity contribution >= 4 is 11.8 Å². The number of carbonyl (C=O) groups is 1. The van der Waals surface area contributed by atoms with Gasteiger partial charge in [0.25, 0.3) is 0 Å². The summed E-state index contributed by atoms with van der Waals surface area (Å²) in [7, 11) is 0. The standard InChI is InChI=1S/C16H18FN3O3/c1-10-8-15(19-23-10)18-16(22)20(13-6-7-13)9-14(21)11-2-4-12(17)5-3-11/h2-5,8,13-14,21H,6-7,9H2,1H3,(H,18,19,22)/t14-/m1/s1. The third-order valence-electron chi connectivity index (χ3n) is 3.74. The lowest BCUT2D eigenvalue weighted by Gasteiger charge is -2.25. The summed E-state index contributed by atoms with van der Waals surface area (Å²) in [6.07, 6.45) is 0.934. The van der Waals surface area contributed by atoms with Gasteiger partial charge in [-0.25, -0.2) is 9.18 Å². The fraction of sp³-hybridized carbons (Fsp3) is 0.375. The third-order valence-corrected chi connectivity index (χ3v) is 3.74. The van der Waals surface area contributed by atoms with Crippen LogP contribution in [0.5, 0.6) is 0 Å². The molecular formula is C16H18FN3O3. The second kappa shape index (κ2) is 6.37. The van der Waals surface area contributed by atoms with Gasteiger partial charge in [0.2, 0.25) is 0 Å². The maximum absolute atomic E-state index is 13.0. The van der Waals surface area contributed by atoms with Crippen LogP contribution >= 0.6 is 0 Å². The Morgan fingerprint density at radius 1 is 1.48 bits per heavy atom. The lowest BCUT2D eigenvalue weighted by molar-refractivity contribution is 0.123. The summed E-state index contributed by atoms with van der Waals surface area (Å²) in [6.45, 7) is 1.87. The molecule has 6 nitrogen and oxygen atoms in total. The van der Waals surface area contributed by atoms with Gasteiger partial charge in [0.15, 0.2) is 5.82 Å². The normalized spacial score (nSPS) is 15.3. The molecule has 1 heterocycles. The molecule has 1 aromatic carbocycles. The molecule has 1 saturated carbocycles. The Kier molecular flexibility index (Phi) is 4.29. The van der Waals surface area contributed by atoms with E-state index in [2.05, 4.69) is 10.5 Å². The highest BCUT2D eigenvalue weighted by atomic mass is 19.1. The minimum Gasteiger partial charge on any atom is -0.387 e. The summed E-state index contributed by atoms with van der Waals surface area (Å²) in [4.78, 5) is 14.0. The van der Waals surface area contributed by atoms with E-state index in [4.69, 9.17) is 4.52 Å². The fourth-order valence-electron chi connectivity index (χ4n) is 2.37. The van der Waals surface area contributed by atoms with Gasteiger partial charge >= 0.3 is 6.03 Å². The molecule has 1 aliphatic carbocycles. The van der Waals surface area contributed by atoms with Crippen LogP contribution in [0.25, 0.3) is 0 Å². The van der Waals surface area contributed by atoms with Crippen molar-refractivity contribution in [1.82, 2.24) is 10.1 Å². The Balaban J connectivity index is 1.66. The van der Waals surface area contributed by atoms with Crippen LogP contribution in [-0.4, -0.2) is 33.8 Å². The monoisotopic (exact) mass is 319 g/mol. The minimum absolute atomic E-state index is 0.109. The molecule has 2 aromatic rings. The number of urea groups is 1. The Morgan fingerprint density at radius 3 is 2.74 bits per heavy atom. The Morgan fingerprint density at radius 2 is 2.17 bits per heavy atom. The van der Waals surface area contributed by atoms with Crippen molar-refractivity contribution in [3.63, 3.8) is 0 Å². The van der Waals surface area contributed by atoms with Crippen molar-refractivity contribution in [2.75, 3.05) is 11.9 Å². The first-order chi connectivity index (χ1) is 11.0. The SMILES string of the molecule is Cc1cc(NC(=O)N(C[C@@H](O)c2ccc(F)cc2)C2CC2)no1. The molecule has 0 radical (unpaired) electrons. The quantitative estimate of drug-likeness (QED) is 0.888. The van der Waals surface area contributed by atoms with E-state index < -0.39 is 6.10 Å². The number of amides is 2. The predicted octanol–water partition coefficient (Wildman–Crippen LogP) is 2.85. The van der Waals surface area contributed by atoms with E-state index in [1.165, 1.54) is 24.3 Å². The molecule has 122 valence electrons. The van der Waals surface area contributed by atoms with Crippen molar-refractivity contribution < 1.29 is 18.8 Å². The number of aromatic nitrogens is 1. The lowest BCUT2D eigenvalue weighted by atomic mass is 10.1. The smallest absolute Gasteiger partial charge is 0.323 e. The number of anilines is 1. The van der Waals surface area contributed by atoms with Crippen LogP contribution in [0.2, 0.25) is 0 Å². The first-order valence-corrected chi connectivity index (χ1v) is 7.47. The second-order valence-corrected chi connectivity index (χ2v) is 5.70. The topological polar surface area (TPSA) is 78.6 Å². The summed E-state index contributed by atoms with van der Waals surface area (Å²) in [6, 6.07) is 7.02. The molecule has 0 aliphatic heterocycles. The maximum Gasteiger partial charge on any atom is 0.323 e. The van der Waals surface area contributed by atoms with E-state index in [9.17, 15) is 14.3 Å². The maximum atomic E-state index is 13.0. The van der Waals surface area contributed by atoms with Gasteiger partial charge in [-0.15, -0.1) is 0 Å². The molecule has 0 bridgehead atoms. The van der Waals surface area contributed by atoms with Crippen molar-refractivity contribution in [2.24, 2.45) is 0 Å². The summed E-state index contributed by atoms with van der Waals surface area (Å²) in [5, 5.41) is 16.7. The number of benzene rings is 1. The number of halogens is 1. The second-order valence-electron chi connectivity index (χ2n) is 5.70. The van der Waals surface area contributed by atoms with E-state index in [1.807, 2.05) is 0 Å². The van der Waals surface area contributed by atoms with Crippen LogP contribution in [0.1, 0.15) is 30.3 Å². The van der Waals surface area contributed by atoms with Gasteiger partial charge in [-0.2, -0.15) is 0 Å². The van der Waals surface area contributed by atoms with E-state index in [1.54, 1.807) is 17.9 Å². The number of hydrogen-bond donors (Lipinski definition) is 2. The highest BCUT2D eigenvalue weighted by Crippen LogP contribution is 2.29. The molecule has 1 aromatic heterocycles. The van der Waals surface area contributed by atoms with Gasteiger partial charge in [0.05, 0.1) is 12.6 Å². The first-order valence-electron chi connectivity index (χ1n) is 7.47. The number of rotatable bonds is 5. The summed E-state index contributed by atoms with van der Waals surface area (Å²) in [5.41, 5.74) is 0.571. The van der Waals surface area contributed by atoms with Gasteiger partial charge in [-0.05, 0) is 37.5 Å². The number of nitrogens with zero attached hydrogens (tertiary/aromatic N) is 2. The molecule has 1 fully saturated rings. The Labute approximate surface area is 132 Å². The molecule has 1 aliphatic rings. The van der Waals surface area contributed by atoms with Gasteiger partial charge in [-0.1, -0.05) is 17.3 Å². The minimum atomic E-state index is -0.874. The number of aliphatic hydroxyl groups excluding tert-OH is 1. The number of aliphatic hydroxyl groups is 1. The van der Waals surface area contributed by atoms with E-state index in [0.717, 1.165) is 12.8 Å². The molecule has 3 rings (SSSR count). The zero-order valence-electron chi connectivity index (χ0n) is 12.7. The van der Waals surface area contributed by atoms with Crippen LogP contribution in [0, 0.1) is 12.7 Å². The van der Waals surface area contributed by atoms with Crippen LogP contribution in [-0.2, 0) is 0 Å². The average molecular weight is 319 g/mol.